The molecular weight excluding hydrogens is 210 g/mol. The molecule has 0 heterocycles. The van der Waals surface area contributed by atoms with E-state index in [4.69, 9.17) is 10.00 Å². The Labute approximate surface area is 91.9 Å². The van der Waals surface area contributed by atoms with Gasteiger partial charge in [-0.2, -0.15) is 5.26 Å². The number of non-ortho nitro benzene ring substituents is 1. The second-order valence-electron chi connectivity index (χ2n) is 2.75. The first-order valence-electron chi connectivity index (χ1n) is 4.53. The molecule has 0 aliphatic carbocycles. The number of benzene rings is 1. The summed E-state index contributed by atoms with van der Waals surface area (Å²) in [6.07, 6.45) is 1.62. The third kappa shape index (κ3) is 2.78. The molecule has 1 aromatic rings. The SMILES string of the molecule is CCOC(=NC#N)c1ccc([N+](=O)[O-])cc1. The van der Waals surface area contributed by atoms with E-state index < -0.39 is 4.92 Å². The Morgan fingerprint density at radius 3 is 2.62 bits per heavy atom. The van der Waals surface area contributed by atoms with Crippen LogP contribution in [0, 0.1) is 21.6 Å². The fraction of sp³-hybridized carbons (Fsp3) is 0.200. The quantitative estimate of drug-likeness (QED) is 0.255. The fourth-order valence-corrected chi connectivity index (χ4v) is 1.09. The summed E-state index contributed by atoms with van der Waals surface area (Å²) in [4.78, 5) is 13.4. The molecule has 1 rings (SSSR count). The predicted molar refractivity (Wildman–Crippen MR) is 56.9 cm³/mol. The Bertz CT molecular complexity index is 445. The normalized spacial score (nSPS) is 10.6. The van der Waals surface area contributed by atoms with Crippen LogP contribution < -0.4 is 0 Å². The van der Waals surface area contributed by atoms with Crippen LogP contribution in [0.4, 0.5) is 5.69 Å². The van der Waals surface area contributed by atoms with Gasteiger partial charge in [0.25, 0.3) is 5.69 Å². The monoisotopic (exact) mass is 219 g/mol. The van der Waals surface area contributed by atoms with E-state index in [1.165, 1.54) is 24.3 Å². The van der Waals surface area contributed by atoms with Gasteiger partial charge in [0.15, 0.2) is 0 Å². The van der Waals surface area contributed by atoms with Crippen molar-refractivity contribution in [3.8, 4) is 6.19 Å². The Morgan fingerprint density at radius 1 is 1.56 bits per heavy atom. The van der Waals surface area contributed by atoms with Crippen LogP contribution in [0.15, 0.2) is 29.3 Å². The number of ether oxygens (including phenoxy) is 1. The van der Waals surface area contributed by atoms with E-state index >= 15 is 0 Å². The van der Waals surface area contributed by atoms with Crippen molar-refractivity contribution >= 4 is 11.6 Å². The lowest BCUT2D eigenvalue weighted by atomic mass is 10.2. The number of hydrogen-bond donors (Lipinski definition) is 0. The summed E-state index contributed by atoms with van der Waals surface area (Å²) in [7, 11) is 0. The van der Waals surface area contributed by atoms with Gasteiger partial charge in [-0.25, -0.2) is 0 Å². The van der Waals surface area contributed by atoms with Gasteiger partial charge >= 0.3 is 0 Å². The minimum Gasteiger partial charge on any atom is -0.477 e. The Balaban J connectivity index is 3.00. The van der Waals surface area contributed by atoms with Gasteiger partial charge in [-0.3, -0.25) is 10.1 Å². The van der Waals surface area contributed by atoms with Gasteiger partial charge in [-0.15, -0.1) is 4.99 Å². The second kappa shape index (κ2) is 5.46. The van der Waals surface area contributed by atoms with Crippen LogP contribution in [0.25, 0.3) is 0 Å². The number of nitriles is 1. The first-order valence-corrected chi connectivity index (χ1v) is 4.53. The molecule has 0 unspecified atom stereocenters. The lowest BCUT2D eigenvalue weighted by molar-refractivity contribution is -0.384. The zero-order valence-electron chi connectivity index (χ0n) is 8.58. The zero-order chi connectivity index (χ0) is 12.0. The van der Waals surface area contributed by atoms with E-state index in [1.807, 2.05) is 0 Å². The first-order chi connectivity index (χ1) is 7.69. The summed E-state index contributed by atoms with van der Waals surface area (Å²) in [6.45, 7) is 2.13. The van der Waals surface area contributed by atoms with Gasteiger partial charge in [0.1, 0.15) is 0 Å². The molecule has 0 radical (unpaired) electrons. The molecule has 0 aliphatic heterocycles. The molecule has 82 valence electrons. The third-order valence-corrected chi connectivity index (χ3v) is 1.76. The largest absolute Gasteiger partial charge is 0.477 e. The van der Waals surface area contributed by atoms with Crippen molar-refractivity contribution < 1.29 is 9.66 Å². The smallest absolute Gasteiger partial charge is 0.269 e. The van der Waals surface area contributed by atoms with Crippen molar-refractivity contribution in [2.45, 2.75) is 6.92 Å². The number of aliphatic imine (C=N–C) groups is 1. The van der Waals surface area contributed by atoms with Crippen molar-refractivity contribution in [2.75, 3.05) is 6.61 Å². The van der Waals surface area contributed by atoms with Crippen molar-refractivity contribution in [2.24, 2.45) is 4.99 Å². The average molecular weight is 219 g/mol. The van der Waals surface area contributed by atoms with E-state index in [0.29, 0.717) is 12.2 Å². The molecule has 0 aliphatic rings. The number of rotatable bonds is 3. The number of hydrogen-bond acceptors (Lipinski definition) is 5. The highest BCUT2D eigenvalue weighted by Crippen LogP contribution is 2.13. The van der Waals surface area contributed by atoms with Gasteiger partial charge in [0, 0.05) is 17.7 Å². The first kappa shape index (κ1) is 11.7. The van der Waals surface area contributed by atoms with Crippen molar-refractivity contribution in [1.29, 1.82) is 5.26 Å². The average Bonchev–Trinajstić information content (AvgIpc) is 2.29. The maximum atomic E-state index is 10.4. The van der Waals surface area contributed by atoms with Gasteiger partial charge in [-0.05, 0) is 19.1 Å². The Kier molecular flexibility index (Phi) is 3.98. The molecule has 6 nitrogen and oxygen atoms in total. The van der Waals surface area contributed by atoms with E-state index in [0.717, 1.165) is 0 Å². The van der Waals surface area contributed by atoms with E-state index in [2.05, 4.69) is 4.99 Å². The fourth-order valence-electron chi connectivity index (χ4n) is 1.09. The number of nitro groups is 1. The highest BCUT2D eigenvalue weighted by molar-refractivity contribution is 5.94. The van der Waals surface area contributed by atoms with Crippen LogP contribution in [0.3, 0.4) is 0 Å². The summed E-state index contributed by atoms with van der Waals surface area (Å²) in [5.74, 6) is 0.167. The Hall–Kier alpha value is -2.42. The molecule has 1 aromatic carbocycles. The lowest BCUT2D eigenvalue weighted by Gasteiger charge is -2.04. The summed E-state index contributed by atoms with van der Waals surface area (Å²) in [5.41, 5.74) is 0.519. The van der Waals surface area contributed by atoms with Gasteiger partial charge < -0.3 is 4.74 Å². The number of nitrogens with zero attached hydrogens (tertiary/aromatic N) is 3. The van der Waals surface area contributed by atoms with Crippen LogP contribution in [0.2, 0.25) is 0 Å². The Morgan fingerprint density at radius 2 is 2.19 bits per heavy atom. The maximum Gasteiger partial charge on any atom is 0.269 e. The highest BCUT2D eigenvalue weighted by Gasteiger charge is 2.08. The highest BCUT2D eigenvalue weighted by atomic mass is 16.6. The molecule has 6 heteroatoms. The van der Waals surface area contributed by atoms with Crippen molar-refractivity contribution in [1.82, 2.24) is 0 Å². The minimum atomic E-state index is -0.494. The van der Waals surface area contributed by atoms with E-state index in [1.54, 1.807) is 13.1 Å². The van der Waals surface area contributed by atoms with Gasteiger partial charge in [0.05, 0.1) is 11.5 Å². The zero-order valence-corrected chi connectivity index (χ0v) is 8.58. The van der Waals surface area contributed by atoms with Crippen LogP contribution in [0.5, 0.6) is 0 Å². The molecule has 0 saturated heterocycles. The molecule has 0 bridgehead atoms. The standard InChI is InChI=1S/C10H9N3O3/c1-2-16-10(12-7-11)8-3-5-9(6-4-8)13(14)15/h3-6H,2H2,1H3. The second-order valence-corrected chi connectivity index (χ2v) is 2.75. The number of nitro benzene ring substituents is 1. The molecular formula is C10H9N3O3. The summed E-state index contributed by atoms with van der Waals surface area (Å²) < 4.78 is 5.13. The van der Waals surface area contributed by atoms with Crippen LogP contribution in [0.1, 0.15) is 12.5 Å². The van der Waals surface area contributed by atoms with Crippen LogP contribution in [-0.2, 0) is 4.74 Å². The minimum absolute atomic E-state index is 0.0171. The predicted octanol–water partition coefficient (Wildman–Crippen LogP) is 1.86. The molecule has 0 atom stereocenters. The topological polar surface area (TPSA) is 88.5 Å². The molecule has 0 N–H and O–H groups in total. The molecule has 0 aromatic heterocycles. The lowest BCUT2D eigenvalue weighted by Crippen LogP contribution is -2.06. The molecule has 0 amide bonds. The van der Waals surface area contributed by atoms with Crippen molar-refractivity contribution in [3.63, 3.8) is 0 Å². The summed E-state index contributed by atoms with van der Waals surface area (Å²) >= 11 is 0. The molecule has 0 fully saturated rings. The third-order valence-electron chi connectivity index (χ3n) is 1.76. The molecule has 0 saturated carbocycles. The van der Waals surface area contributed by atoms with Crippen LogP contribution >= 0.6 is 0 Å². The maximum absolute atomic E-state index is 10.4. The summed E-state index contributed by atoms with van der Waals surface area (Å²) in [5, 5.41) is 18.9. The van der Waals surface area contributed by atoms with Gasteiger partial charge in [-0.1, -0.05) is 0 Å². The van der Waals surface area contributed by atoms with Crippen molar-refractivity contribution in [3.05, 3.63) is 39.9 Å². The van der Waals surface area contributed by atoms with Gasteiger partial charge in [0.2, 0.25) is 12.1 Å². The van der Waals surface area contributed by atoms with Crippen LogP contribution in [-0.4, -0.2) is 17.4 Å². The van der Waals surface area contributed by atoms with E-state index in [9.17, 15) is 10.1 Å². The summed E-state index contributed by atoms with van der Waals surface area (Å²) in [6, 6.07) is 5.65. The molecule has 0 spiro atoms. The molecule has 16 heavy (non-hydrogen) atoms. The van der Waals surface area contributed by atoms with E-state index in [-0.39, 0.29) is 11.6 Å².